The van der Waals surface area contributed by atoms with Gasteiger partial charge in [0.1, 0.15) is 0 Å². The number of amides is 1. The summed E-state index contributed by atoms with van der Waals surface area (Å²) in [7, 11) is 0. The molecule has 15 heavy (non-hydrogen) atoms. The molecule has 0 atom stereocenters. The summed E-state index contributed by atoms with van der Waals surface area (Å²) in [6, 6.07) is 0.440. The number of rotatable bonds is 3. The van der Waals surface area contributed by atoms with Crippen LogP contribution in [0.4, 0.5) is 0 Å². The van der Waals surface area contributed by atoms with E-state index in [1.165, 1.54) is 25.7 Å². The molecule has 1 rings (SSSR count). The van der Waals surface area contributed by atoms with Crippen LogP contribution in [-0.4, -0.2) is 11.9 Å². The molecule has 2 heteroatoms. The van der Waals surface area contributed by atoms with Crippen LogP contribution in [0.1, 0.15) is 53.4 Å². The first-order valence-electron chi connectivity index (χ1n) is 6.31. The third-order valence-corrected chi connectivity index (χ3v) is 3.59. The van der Waals surface area contributed by atoms with Crippen LogP contribution in [0.3, 0.4) is 0 Å². The van der Waals surface area contributed by atoms with E-state index in [1.807, 2.05) is 13.8 Å². The van der Waals surface area contributed by atoms with E-state index >= 15 is 0 Å². The number of carbonyl (C=O) groups is 1. The molecule has 0 aliphatic heterocycles. The van der Waals surface area contributed by atoms with Gasteiger partial charge >= 0.3 is 0 Å². The molecule has 0 radical (unpaired) electrons. The summed E-state index contributed by atoms with van der Waals surface area (Å²) in [5.74, 6) is 2.00. The zero-order valence-electron chi connectivity index (χ0n) is 10.5. The third kappa shape index (κ3) is 3.84. The van der Waals surface area contributed by atoms with Gasteiger partial charge in [-0.05, 0) is 37.5 Å². The molecule has 0 aromatic heterocycles. The lowest BCUT2D eigenvalue weighted by atomic mass is 9.79. The van der Waals surface area contributed by atoms with Gasteiger partial charge in [0, 0.05) is 12.0 Å². The number of carbonyl (C=O) groups excluding carboxylic acids is 1. The van der Waals surface area contributed by atoms with Gasteiger partial charge in [-0.15, -0.1) is 0 Å². The molecule has 0 bridgehead atoms. The van der Waals surface area contributed by atoms with Gasteiger partial charge in [-0.25, -0.2) is 0 Å². The molecule has 1 aliphatic rings. The highest BCUT2D eigenvalue weighted by molar-refractivity contribution is 5.78. The Morgan fingerprint density at radius 3 is 2.00 bits per heavy atom. The predicted molar refractivity (Wildman–Crippen MR) is 63.6 cm³/mol. The fraction of sp³-hybridized carbons (Fsp3) is 0.923. The van der Waals surface area contributed by atoms with E-state index in [2.05, 4.69) is 19.2 Å². The molecule has 1 amide bonds. The van der Waals surface area contributed by atoms with Crippen LogP contribution in [0.25, 0.3) is 0 Å². The molecule has 0 saturated heterocycles. The number of nitrogens with one attached hydrogen (secondary N) is 1. The van der Waals surface area contributed by atoms with Crippen molar-refractivity contribution < 1.29 is 4.79 Å². The van der Waals surface area contributed by atoms with Gasteiger partial charge in [0.25, 0.3) is 0 Å². The Labute approximate surface area is 93.8 Å². The Bertz CT molecular complexity index is 203. The van der Waals surface area contributed by atoms with Crippen molar-refractivity contribution >= 4 is 5.91 Å². The fourth-order valence-electron chi connectivity index (χ4n) is 2.30. The normalized spacial score (nSPS) is 27.1. The lowest BCUT2D eigenvalue weighted by Crippen LogP contribution is -2.40. The van der Waals surface area contributed by atoms with Gasteiger partial charge in [0.05, 0.1) is 0 Å². The number of hydrogen-bond acceptors (Lipinski definition) is 1. The quantitative estimate of drug-likeness (QED) is 0.764. The summed E-state index contributed by atoms with van der Waals surface area (Å²) >= 11 is 0. The van der Waals surface area contributed by atoms with Gasteiger partial charge in [0.2, 0.25) is 5.91 Å². The molecule has 2 nitrogen and oxygen atoms in total. The average molecular weight is 211 g/mol. The molecule has 88 valence electrons. The van der Waals surface area contributed by atoms with E-state index in [0.29, 0.717) is 6.04 Å². The van der Waals surface area contributed by atoms with Crippen LogP contribution in [0.15, 0.2) is 0 Å². The van der Waals surface area contributed by atoms with Crippen molar-refractivity contribution in [2.24, 2.45) is 17.8 Å². The van der Waals surface area contributed by atoms with E-state index in [4.69, 9.17) is 0 Å². The SMILES string of the molecule is CC(C)C(=O)N[C@H]1CC[C@H](C(C)C)CC1. The summed E-state index contributed by atoms with van der Waals surface area (Å²) in [5.41, 5.74) is 0. The van der Waals surface area contributed by atoms with Gasteiger partial charge in [-0.1, -0.05) is 27.7 Å². The monoisotopic (exact) mass is 211 g/mol. The van der Waals surface area contributed by atoms with Crippen LogP contribution in [0, 0.1) is 17.8 Å². The molecule has 1 aliphatic carbocycles. The molecule has 0 heterocycles. The molecule has 1 N–H and O–H groups in total. The fourth-order valence-corrected chi connectivity index (χ4v) is 2.30. The van der Waals surface area contributed by atoms with Gasteiger partial charge in [-0.2, -0.15) is 0 Å². The first-order valence-corrected chi connectivity index (χ1v) is 6.31. The highest BCUT2D eigenvalue weighted by Gasteiger charge is 2.24. The van der Waals surface area contributed by atoms with Crippen molar-refractivity contribution in [1.82, 2.24) is 5.32 Å². The molecule has 0 aromatic carbocycles. The van der Waals surface area contributed by atoms with Crippen molar-refractivity contribution in [2.75, 3.05) is 0 Å². The van der Waals surface area contributed by atoms with Crippen molar-refractivity contribution in [3.63, 3.8) is 0 Å². The van der Waals surface area contributed by atoms with Crippen molar-refractivity contribution in [3.05, 3.63) is 0 Å². The first-order chi connectivity index (χ1) is 7.00. The van der Waals surface area contributed by atoms with Gasteiger partial charge in [0.15, 0.2) is 0 Å². The number of hydrogen-bond donors (Lipinski definition) is 1. The smallest absolute Gasteiger partial charge is 0.222 e. The van der Waals surface area contributed by atoms with Crippen LogP contribution in [0.5, 0.6) is 0 Å². The second-order valence-corrected chi connectivity index (χ2v) is 5.52. The molecule has 0 unspecified atom stereocenters. The predicted octanol–water partition coefficient (Wildman–Crippen LogP) is 2.97. The van der Waals surface area contributed by atoms with Crippen LogP contribution >= 0.6 is 0 Å². The zero-order valence-corrected chi connectivity index (χ0v) is 10.5. The van der Waals surface area contributed by atoms with Gasteiger partial charge < -0.3 is 5.32 Å². The van der Waals surface area contributed by atoms with E-state index in [-0.39, 0.29) is 11.8 Å². The minimum atomic E-state index is 0.118. The van der Waals surface area contributed by atoms with E-state index in [0.717, 1.165) is 11.8 Å². The Kier molecular flexibility index (Phi) is 4.62. The van der Waals surface area contributed by atoms with E-state index in [1.54, 1.807) is 0 Å². The second-order valence-electron chi connectivity index (χ2n) is 5.52. The van der Waals surface area contributed by atoms with Crippen LogP contribution in [0.2, 0.25) is 0 Å². The minimum Gasteiger partial charge on any atom is -0.353 e. The summed E-state index contributed by atoms with van der Waals surface area (Å²) in [5, 5.41) is 3.14. The topological polar surface area (TPSA) is 29.1 Å². The Balaban J connectivity index is 2.29. The minimum absolute atomic E-state index is 0.118. The lowest BCUT2D eigenvalue weighted by Gasteiger charge is -2.31. The summed E-state index contributed by atoms with van der Waals surface area (Å²) in [6.07, 6.45) is 4.89. The summed E-state index contributed by atoms with van der Waals surface area (Å²) < 4.78 is 0. The lowest BCUT2D eigenvalue weighted by molar-refractivity contribution is -0.125. The summed E-state index contributed by atoms with van der Waals surface area (Å²) in [6.45, 7) is 8.51. The Morgan fingerprint density at radius 2 is 1.60 bits per heavy atom. The maximum absolute atomic E-state index is 11.5. The Hall–Kier alpha value is -0.530. The van der Waals surface area contributed by atoms with Crippen molar-refractivity contribution in [2.45, 2.75) is 59.4 Å². The molecule has 0 aromatic rings. The maximum Gasteiger partial charge on any atom is 0.222 e. The summed E-state index contributed by atoms with van der Waals surface area (Å²) in [4.78, 5) is 11.5. The zero-order chi connectivity index (χ0) is 11.4. The third-order valence-electron chi connectivity index (χ3n) is 3.59. The van der Waals surface area contributed by atoms with Crippen LogP contribution < -0.4 is 5.32 Å². The van der Waals surface area contributed by atoms with Crippen molar-refractivity contribution in [3.8, 4) is 0 Å². The molecule has 1 fully saturated rings. The average Bonchev–Trinajstić information content (AvgIpc) is 2.18. The first kappa shape index (κ1) is 12.5. The molecule has 1 saturated carbocycles. The maximum atomic E-state index is 11.5. The van der Waals surface area contributed by atoms with Gasteiger partial charge in [-0.3, -0.25) is 4.79 Å². The molecule has 0 spiro atoms. The Morgan fingerprint density at radius 1 is 1.07 bits per heavy atom. The second kappa shape index (κ2) is 5.53. The largest absolute Gasteiger partial charge is 0.353 e. The molecular formula is C13H25NO. The van der Waals surface area contributed by atoms with E-state index in [9.17, 15) is 4.79 Å². The van der Waals surface area contributed by atoms with E-state index < -0.39 is 0 Å². The van der Waals surface area contributed by atoms with Crippen LogP contribution in [-0.2, 0) is 4.79 Å². The highest BCUT2D eigenvalue weighted by Crippen LogP contribution is 2.29. The standard InChI is InChI=1S/C13H25NO/c1-9(2)11-5-7-12(8-6-11)14-13(15)10(3)4/h9-12H,5-8H2,1-4H3,(H,14,15)/t11-,12-. The highest BCUT2D eigenvalue weighted by atomic mass is 16.1. The molecular weight excluding hydrogens is 186 g/mol. The van der Waals surface area contributed by atoms with Crippen molar-refractivity contribution in [1.29, 1.82) is 0 Å².